The predicted molar refractivity (Wildman–Crippen MR) is 99.3 cm³/mol. The molecule has 2 amide bonds. The average Bonchev–Trinajstić information content (AvgIpc) is 2.85. The molecule has 0 atom stereocenters. The summed E-state index contributed by atoms with van der Waals surface area (Å²) in [5.74, 6) is -0.758. The summed E-state index contributed by atoms with van der Waals surface area (Å²) >= 11 is 12.2. The lowest BCUT2D eigenvalue weighted by atomic mass is 9.72. The summed E-state index contributed by atoms with van der Waals surface area (Å²) in [6.07, 6.45) is 3.09. The van der Waals surface area contributed by atoms with Crippen molar-refractivity contribution in [2.45, 2.75) is 38.1 Å². The van der Waals surface area contributed by atoms with Crippen molar-refractivity contribution >= 4 is 41.0 Å². The van der Waals surface area contributed by atoms with Crippen LogP contribution in [0, 0.1) is 6.92 Å². The quantitative estimate of drug-likeness (QED) is 0.778. The van der Waals surface area contributed by atoms with E-state index < -0.39 is 17.4 Å². The Hall–Kier alpha value is -2.12. The van der Waals surface area contributed by atoms with E-state index in [0.29, 0.717) is 22.3 Å². The fourth-order valence-electron chi connectivity index (χ4n) is 2.95. The molecule has 0 unspecified atom stereocenters. The lowest BCUT2D eigenvalue weighted by Gasteiger charge is -2.42. The molecule has 0 radical (unpaired) electrons. The standard InChI is InChI=1S/C17H19Cl2N5O2/c1-10-20-16(23-24(10)2)21-14(25)15(26)22-17(6-3-7-17)9-11-4-5-12(18)8-13(11)19/h4-5,8H,3,6-7,9H2,1-2H3,(H,22,26)(H,21,23,25). The minimum absolute atomic E-state index is 0.105. The fourth-order valence-corrected chi connectivity index (χ4v) is 3.43. The highest BCUT2D eigenvalue weighted by Crippen LogP contribution is 2.37. The normalized spacial score (nSPS) is 15.2. The third kappa shape index (κ3) is 3.99. The van der Waals surface area contributed by atoms with Crippen LogP contribution in [-0.4, -0.2) is 32.1 Å². The number of hydrogen-bond donors (Lipinski definition) is 2. The van der Waals surface area contributed by atoms with E-state index >= 15 is 0 Å². The summed E-state index contributed by atoms with van der Waals surface area (Å²) in [5, 5.41) is 10.4. The van der Waals surface area contributed by atoms with Crippen molar-refractivity contribution in [1.29, 1.82) is 0 Å². The second-order valence-electron chi connectivity index (χ2n) is 6.56. The molecular formula is C17H19Cl2N5O2. The SMILES string of the molecule is Cc1nc(NC(=O)C(=O)NC2(Cc3ccc(Cl)cc3Cl)CCC2)nn1C. The van der Waals surface area contributed by atoms with Crippen molar-refractivity contribution in [3.8, 4) is 0 Å². The maximum absolute atomic E-state index is 12.3. The zero-order valence-corrected chi connectivity index (χ0v) is 16.0. The average molecular weight is 396 g/mol. The van der Waals surface area contributed by atoms with Gasteiger partial charge in [0.1, 0.15) is 5.82 Å². The molecule has 1 aliphatic rings. The van der Waals surface area contributed by atoms with Crippen LogP contribution in [-0.2, 0) is 23.1 Å². The molecule has 2 N–H and O–H groups in total. The van der Waals surface area contributed by atoms with E-state index in [9.17, 15) is 9.59 Å². The summed E-state index contributed by atoms with van der Waals surface area (Å²) in [6, 6.07) is 5.28. The molecule has 2 aromatic rings. The second-order valence-corrected chi connectivity index (χ2v) is 7.40. The Morgan fingerprint density at radius 3 is 2.54 bits per heavy atom. The third-order valence-electron chi connectivity index (χ3n) is 4.65. The van der Waals surface area contributed by atoms with Gasteiger partial charge < -0.3 is 5.32 Å². The van der Waals surface area contributed by atoms with Crippen LogP contribution >= 0.6 is 23.2 Å². The van der Waals surface area contributed by atoms with Crippen molar-refractivity contribution < 1.29 is 9.59 Å². The Morgan fingerprint density at radius 1 is 1.27 bits per heavy atom. The molecule has 138 valence electrons. The van der Waals surface area contributed by atoms with Gasteiger partial charge in [-0.1, -0.05) is 29.3 Å². The summed E-state index contributed by atoms with van der Waals surface area (Å²) in [7, 11) is 1.71. The van der Waals surface area contributed by atoms with E-state index in [1.165, 1.54) is 4.68 Å². The molecule has 0 aliphatic heterocycles. The molecule has 3 rings (SSSR count). The highest BCUT2D eigenvalue weighted by atomic mass is 35.5. The number of halogens is 2. The molecule has 0 spiro atoms. The monoisotopic (exact) mass is 395 g/mol. The van der Waals surface area contributed by atoms with Crippen molar-refractivity contribution in [3.63, 3.8) is 0 Å². The lowest BCUT2D eigenvalue weighted by molar-refractivity contribution is -0.138. The number of hydrogen-bond acceptors (Lipinski definition) is 4. The zero-order valence-electron chi connectivity index (χ0n) is 14.5. The Kier molecular flexibility index (Phi) is 5.20. The molecule has 26 heavy (non-hydrogen) atoms. The molecule has 7 nitrogen and oxygen atoms in total. The molecule has 0 bridgehead atoms. The Morgan fingerprint density at radius 2 is 2.00 bits per heavy atom. The number of nitrogens with one attached hydrogen (secondary N) is 2. The van der Waals surface area contributed by atoms with Crippen molar-refractivity contribution in [2.24, 2.45) is 7.05 Å². The molecule has 0 saturated heterocycles. The van der Waals surface area contributed by atoms with Crippen LogP contribution in [0.25, 0.3) is 0 Å². The van der Waals surface area contributed by atoms with Gasteiger partial charge in [-0.25, -0.2) is 0 Å². The Bertz CT molecular complexity index is 841. The van der Waals surface area contributed by atoms with Gasteiger partial charge in [0, 0.05) is 22.6 Å². The number of anilines is 1. The Labute approximate surface area is 161 Å². The maximum Gasteiger partial charge on any atom is 0.316 e. The fraction of sp³-hybridized carbons (Fsp3) is 0.412. The van der Waals surface area contributed by atoms with Gasteiger partial charge in [-0.15, -0.1) is 5.10 Å². The topological polar surface area (TPSA) is 88.9 Å². The van der Waals surface area contributed by atoms with E-state index in [2.05, 4.69) is 20.7 Å². The van der Waals surface area contributed by atoms with Gasteiger partial charge in [-0.05, 0) is 50.3 Å². The van der Waals surface area contributed by atoms with Crippen LogP contribution in [0.3, 0.4) is 0 Å². The van der Waals surface area contributed by atoms with Crippen molar-refractivity contribution in [2.75, 3.05) is 5.32 Å². The van der Waals surface area contributed by atoms with Crippen LogP contribution in [0.1, 0.15) is 30.7 Å². The van der Waals surface area contributed by atoms with Gasteiger partial charge >= 0.3 is 11.8 Å². The predicted octanol–water partition coefficient (Wildman–Crippen LogP) is 2.65. The highest BCUT2D eigenvalue weighted by molar-refractivity contribution is 6.39. The second kappa shape index (κ2) is 7.25. The number of rotatable bonds is 4. The van der Waals surface area contributed by atoms with E-state index in [1.807, 2.05) is 6.07 Å². The molecule has 1 aliphatic carbocycles. The first-order valence-corrected chi connectivity index (χ1v) is 8.99. The number of benzene rings is 1. The van der Waals surface area contributed by atoms with Crippen LogP contribution in [0.15, 0.2) is 18.2 Å². The minimum Gasteiger partial charge on any atom is -0.342 e. The number of nitrogens with zero attached hydrogens (tertiary/aromatic N) is 3. The number of aryl methyl sites for hydroxylation is 2. The van der Waals surface area contributed by atoms with E-state index in [4.69, 9.17) is 23.2 Å². The molecule has 1 heterocycles. The summed E-state index contributed by atoms with van der Waals surface area (Å²) in [4.78, 5) is 28.6. The summed E-state index contributed by atoms with van der Waals surface area (Å²) in [5.41, 5.74) is 0.415. The molecule has 1 aromatic heterocycles. The maximum atomic E-state index is 12.3. The number of aromatic nitrogens is 3. The van der Waals surface area contributed by atoms with Crippen LogP contribution in [0.4, 0.5) is 5.95 Å². The van der Waals surface area contributed by atoms with Gasteiger partial charge in [0.15, 0.2) is 0 Å². The van der Waals surface area contributed by atoms with Gasteiger partial charge in [0.05, 0.1) is 0 Å². The number of carbonyl (C=O) groups excluding carboxylic acids is 2. The van der Waals surface area contributed by atoms with Gasteiger partial charge in [-0.3, -0.25) is 19.6 Å². The zero-order chi connectivity index (χ0) is 18.9. The lowest BCUT2D eigenvalue weighted by Crippen LogP contribution is -2.57. The van der Waals surface area contributed by atoms with Crippen LogP contribution in [0.2, 0.25) is 10.0 Å². The molecule has 1 saturated carbocycles. The summed E-state index contributed by atoms with van der Waals surface area (Å²) in [6.45, 7) is 1.75. The van der Waals surface area contributed by atoms with Crippen LogP contribution < -0.4 is 10.6 Å². The number of amides is 2. The van der Waals surface area contributed by atoms with E-state index in [0.717, 1.165) is 24.8 Å². The van der Waals surface area contributed by atoms with E-state index in [1.54, 1.807) is 26.1 Å². The third-order valence-corrected chi connectivity index (χ3v) is 5.23. The molecule has 9 heteroatoms. The first-order valence-electron chi connectivity index (χ1n) is 8.23. The van der Waals surface area contributed by atoms with Crippen molar-refractivity contribution in [3.05, 3.63) is 39.6 Å². The Balaban J connectivity index is 1.66. The van der Waals surface area contributed by atoms with Gasteiger partial charge in [0.25, 0.3) is 0 Å². The molecule has 1 fully saturated rings. The smallest absolute Gasteiger partial charge is 0.316 e. The molecule has 1 aromatic carbocycles. The van der Waals surface area contributed by atoms with Gasteiger partial charge in [-0.2, -0.15) is 4.98 Å². The summed E-state index contributed by atoms with van der Waals surface area (Å²) < 4.78 is 1.52. The van der Waals surface area contributed by atoms with Gasteiger partial charge in [0.2, 0.25) is 5.95 Å². The van der Waals surface area contributed by atoms with Crippen LogP contribution in [0.5, 0.6) is 0 Å². The largest absolute Gasteiger partial charge is 0.342 e. The van der Waals surface area contributed by atoms with Crippen molar-refractivity contribution in [1.82, 2.24) is 20.1 Å². The van der Waals surface area contributed by atoms with E-state index in [-0.39, 0.29) is 5.95 Å². The minimum atomic E-state index is -0.788. The number of carbonyl (C=O) groups is 2. The highest BCUT2D eigenvalue weighted by Gasteiger charge is 2.40. The first kappa shape index (κ1) is 18.7. The molecular weight excluding hydrogens is 377 g/mol. The first-order chi connectivity index (χ1) is 12.3.